The number of rotatable bonds is 10. The minimum atomic E-state index is -3.63. The van der Waals surface area contributed by atoms with Gasteiger partial charge in [-0.15, -0.1) is 0 Å². The number of nitrogens with one attached hydrogen (secondary N) is 2. The van der Waals surface area contributed by atoms with Gasteiger partial charge in [0, 0.05) is 36.6 Å². The first kappa shape index (κ1) is 27.2. The van der Waals surface area contributed by atoms with Crippen LogP contribution in [-0.2, 0) is 15.6 Å². The van der Waals surface area contributed by atoms with Crippen LogP contribution in [0.3, 0.4) is 0 Å². The summed E-state index contributed by atoms with van der Waals surface area (Å²) in [5, 5.41) is 8.12. The van der Waals surface area contributed by atoms with Crippen LogP contribution in [0.5, 0.6) is 11.5 Å². The number of sulfonamides is 1. The number of ether oxygens (including phenoxy) is 2. The number of anilines is 1. The molecule has 0 unspecified atom stereocenters. The minimum absolute atomic E-state index is 0.180. The monoisotopic (exact) mass is 535 g/mol. The third-order valence-electron chi connectivity index (χ3n) is 5.91. The smallest absolute Gasteiger partial charge is 0.240 e. The number of aromatic nitrogens is 3. The molecule has 0 amide bonds. The van der Waals surface area contributed by atoms with E-state index in [0.29, 0.717) is 18.1 Å². The molecule has 0 saturated heterocycles. The van der Waals surface area contributed by atoms with Crippen LogP contribution in [0, 0.1) is 0 Å². The third-order valence-corrected chi connectivity index (χ3v) is 7.39. The van der Waals surface area contributed by atoms with Crippen LogP contribution in [0.2, 0.25) is 0 Å². The van der Waals surface area contributed by atoms with Crippen LogP contribution in [0.25, 0.3) is 22.4 Å². The minimum Gasteiger partial charge on any atom is -0.497 e. The van der Waals surface area contributed by atoms with Gasteiger partial charge in [0.25, 0.3) is 0 Å². The Balaban J connectivity index is 1.51. The Morgan fingerprint density at radius 3 is 2.32 bits per heavy atom. The Morgan fingerprint density at radius 2 is 1.63 bits per heavy atom. The van der Waals surface area contributed by atoms with E-state index in [1.54, 1.807) is 25.4 Å². The SMILES string of the molecule is COc1ccc(S(=O)(=O)NCCNc2cc(-c3cn(C(C)(C)C)nc3-c3cccc(OC)c3)ccn2)cc1. The highest BCUT2D eigenvalue weighted by atomic mass is 32.2. The molecule has 2 aromatic heterocycles. The molecule has 4 rings (SSSR count). The molecular formula is C28H33N5O4S. The Labute approximate surface area is 223 Å². The number of methoxy groups -OCH3 is 2. The summed E-state index contributed by atoms with van der Waals surface area (Å²) < 4.78 is 40.2. The molecule has 0 aliphatic carbocycles. The Morgan fingerprint density at radius 1 is 0.895 bits per heavy atom. The van der Waals surface area contributed by atoms with Gasteiger partial charge in [-0.05, 0) is 74.9 Å². The van der Waals surface area contributed by atoms with E-state index >= 15 is 0 Å². The molecule has 0 saturated carbocycles. The molecule has 0 fully saturated rings. The second-order valence-electron chi connectivity index (χ2n) is 9.67. The average Bonchev–Trinajstić information content (AvgIpc) is 3.38. The first-order valence-corrected chi connectivity index (χ1v) is 13.7. The molecule has 4 aromatic rings. The molecule has 0 spiro atoms. The topological polar surface area (TPSA) is 107 Å². The molecule has 0 atom stereocenters. The highest BCUT2D eigenvalue weighted by molar-refractivity contribution is 7.89. The largest absolute Gasteiger partial charge is 0.497 e. The number of benzene rings is 2. The summed E-state index contributed by atoms with van der Waals surface area (Å²) in [7, 11) is -0.452. The van der Waals surface area contributed by atoms with Crippen molar-refractivity contribution in [1.29, 1.82) is 0 Å². The van der Waals surface area contributed by atoms with E-state index in [9.17, 15) is 8.42 Å². The second kappa shape index (κ2) is 11.2. The van der Waals surface area contributed by atoms with Crippen LogP contribution in [0.15, 0.2) is 78.0 Å². The lowest BCUT2D eigenvalue weighted by molar-refractivity contribution is 0.356. The lowest BCUT2D eigenvalue weighted by Crippen LogP contribution is -2.29. The van der Waals surface area contributed by atoms with Crippen LogP contribution in [0.1, 0.15) is 20.8 Å². The number of pyridine rings is 1. The zero-order chi connectivity index (χ0) is 27.3. The maximum Gasteiger partial charge on any atom is 0.240 e. The van der Waals surface area contributed by atoms with Gasteiger partial charge in [-0.2, -0.15) is 5.10 Å². The lowest BCUT2D eigenvalue weighted by atomic mass is 10.0. The first-order valence-electron chi connectivity index (χ1n) is 12.2. The lowest BCUT2D eigenvalue weighted by Gasteiger charge is -2.18. The van der Waals surface area contributed by atoms with Crippen LogP contribution in [0.4, 0.5) is 5.82 Å². The van der Waals surface area contributed by atoms with Gasteiger partial charge in [-0.1, -0.05) is 12.1 Å². The van der Waals surface area contributed by atoms with Gasteiger partial charge >= 0.3 is 0 Å². The zero-order valence-corrected chi connectivity index (χ0v) is 23.0. The summed E-state index contributed by atoms with van der Waals surface area (Å²) in [5.41, 5.74) is 3.47. The fraction of sp³-hybridized carbons (Fsp3) is 0.286. The summed E-state index contributed by atoms with van der Waals surface area (Å²) in [6, 6.07) is 18.0. The average molecular weight is 536 g/mol. The predicted octanol–water partition coefficient (Wildman–Crippen LogP) is 4.77. The molecule has 2 heterocycles. The van der Waals surface area contributed by atoms with Gasteiger partial charge in [-0.25, -0.2) is 18.1 Å². The third kappa shape index (κ3) is 6.32. The molecule has 0 radical (unpaired) electrons. The summed E-state index contributed by atoms with van der Waals surface area (Å²) >= 11 is 0. The van der Waals surface area contributed by atoms with Gasteiger partial charge < -0.3 is 14.8 Å². The van der Waals surface area contributed by atoms with Gasteiger partial charge in [0.05, 0.1) is 24.7 Å². The molecule has 0 aliphatic heterocycles. The molecular weight excluding hydrogens is 502 g/mol. The zero-order valence-electron chi connectivity index (χ0n) is 22.2. The van der Waals surface area contributed by atoms with Crippen molar-refractivity contribution < 1.29 is 17.9 Å². The normalized spacial score (nSPS) is 11.8. The summed E-state index contributed by atoms with van der Waals surface area (Å²) in [6.45, 7) is 6.86. The van der Waals surface area contributed by atoms with E-state index in [-0.39, 0.29) is 17.0 Å². The fourth-order valence-electron chi connectivity index (χ4n) is 3.82. The maximum atomic E-state index is 12.6. The second-order valence-corrected chi connectivity index (χ2v) is 11.4. The van der Waals surface area contributed by atoms with E-state index in [4.69, 9.17) is 14.6 Å². The van der Waals surface area contributed by atoms with Gasteiger partial charge in [0.15, 0.2) is 0 Å². The van der Waals surface area contributed by atoms with Crippen LogP contribution >= 0.6 is 0 Å². The summed E-state index contributed by atoms with van der Waals surface area (Å²) in [4.78, 5) is 4.59. The van der Waals surface area contributed by atoms with Crippen molar-refractivity contribution >= 4 is 15.8 Å². The fourth-order valence-corrected chi connectivity index (χ4v) is 4.85. The number of hydrogen-bond acceptors (Lipinski definition) is 7. The van der Waals surface area contributed by atoms with Crippen molar-refractivity contribution in [3.05, 3.63) is 73.1 Å². The van der Waals surface area contributed by atoms with Gasteiger partial charge in [0.2, 0.25) is 10.0 Å². The highest BCUT2D eigenvalue weighted by Gasteiger charge is 2.21. The van der Waals surface area contributed by atoms with E-state index in [1.807, 2.05) is 47.3 Å². The molecule has 0 aliphatic rings. The quantitative estimate of drug-likeness (QED) is 0.282. The Kier molecular flexibility index (Phi) is 8.03. The molecule has 38 heavy (non-hydrogen) atoms. The van der Waals surface area contributed by atoms with E-state index in [0.717, 1.165) is 28.1 Å². The van der Waals surface area contributed by atoms with Crippen molar-refractivity contribution in [1.82, 2.24) is 19.5 Å². The Hall–Kier alpha value is -3.89. The molecule has 10 heteroatoms. The first-order chi connectivity index (χ1) is 18.1. The summed E-state index contributed by atoms with van der Waals surface area (Å²) in [6.07, 6.45) is 3.76. The van der Waals surface area contributed by atoms with E-state index in [2.05, 4.69) is 35.8 Å². The molecule has 2 aromatic carbocycles. The van der Waals surface area contributed by atoms with Crippen LogP contribution in [-0.4, -0.2) is 50.5 Å². The van der Waals surface area contributed by atoms with Crippen molar-refractivity contribution in [3.8, 4) is 33.9 Å². The summed E-state index contributed by atoms with van der Waals surface area (Å²) in [5.74, 6) is 1.98. The highest BCUT2D eigenvalue weighted by Crippen LogP contribution is 2.35. The molecule has 0 bridgehead atoms. The van der Waals surface area contributed by atoms with Crippen molar-refractivity contribution in [2.24, 2.45) is 0 Å². The van der Waals surface area contributed by atoms with Crippen molar-refractivity contribution in [3.63, 3.8) is 0 Å². The van der Waals surface area contributed by atoms with Crippen molar-refractivity contribution in [2.45, 2.75) is 31.2 Å². The molecule has 9 nitrogen and oxygen atoms in total. The number of hydrogen-bond donors (Lipinski definition) is 2. The molecule has 2 N–H and O–H groups in total. The molecule has 200 valence electrons. The standard InChI is InChI=1S/C28H33N5O4S/c1-28(2,3)33-19-25(27(32-33)21-7-6-8-23(17-21)37-5)20-13-14-29-26(18-20)30-15-16-31-38(34,35)24-11-9-22(36-4)10-12-24/h6-14,17-19,31H,15-16H2,1-5H3,(H,29,30). The van der Waals surface area contributed by atoms with E-state index in [1.165, 1.54) is 19.2 Å². The van der Waals surface area contributed by atoms with Gasteiger partial charge in [-0.3, -0.25) is 4.68 Å². The predicted molar refractivity (Wildman–Crippen MR) is 149 cm³/mol. The van der Waals surface area contributed by atoms with Crippen LogP contribution < -0.4 is 19.5 Å². The van der Waals surface area contributed by atoms with Crippen molar-refractivity contribution in [2.75, 3.05) is 32.6 Å². The number of nitrogens with zero attached hydrogens (tertiary/aromatic N) is 3. The Bertz CT molecular complexity index is 1490. The van der Waals surface area contributed by atoms with E-state index < -0.39 is 10.0 Å². The maximum absolute atomic E-state index is 12.6. The van der Waals surface area contributed by atoms with Gasteiger partial charge in [0.1, 0.15) is 23.0 Å².